The van der Waals surface area contributed by atoms with Gasteiger partial charge in [-0.2, -0.15) is 5.10 Å². The quantitative estimate of drug-likeness (QED) is 0.251. The van der Waals surface area contributed by atoms with Gasteiger partial charge in [-0.15, -0.1) is 0 Å². The number of rotatable bonds is 2. The molecule has 8 rings (SSSR count). The summed E-state index contributed by atoms with van der Waals surface area (Å²) in [4.78, 5) is 9.45. The molecule has 0 saturated heterocycles. The topological polar surface area (TPSA) is 48.0 Å². The lowest BCUT2D eigenvalue weighted by Gasteiger charge is -2.20. The van der Waals surface area contributed by atoms with Gasteiger partial charge in [0.05, 0.1) is 16.6 Å². The average Bonchev–Trinajstić information content (AvgIpc) is 3.56. The molecule has 4 heterocycles. The number of aryl methyl sites for hydroxylation is 1. The Bertz CT molecular complexity index is 2030. The van der Waals surface area contributed by atoms with Crippen LogP contribution in [0.2, 0.25) is 0 Å². The van der Waals surface area contributed by atoms with Crippen LogP contribution < -0.4 is 0 Å². The van der Waals surface area contributed by atoms with Crippen LogP contribution in [0.25, 0.3) is 50.1 Å². The smallest absolute Gasteiger partial charge is 0.165 e. The van der Waals surface area contributed by atoms with Gasteiger partial charge in [-0.25, -0.2) is 9.50 Å². The van der Waals surface area contributed by atoms with Gasteiger partial charge < -0.3 is 4.57 Å². The highest BCUT2D eigenvalue weighted by atomic mass is 15.3. The number of para-hydroxylation sites is 2. The van der Waals surface area contributed by atoms with Gasteiger partial charge >= 0.3 is 0 Å². The van der Waals surface area contributed by atoms with Crippen molar-refractivity contribution < 1.29 is 0 Å². The normalized spacial score (nSPS) is 15.2. The summed E-state index contributed by atoms with van der Waals surface area (Å²) >= 11 is 0. The molecule has 1 aliphatic rings. The van der Waals surface area contributed by atoms with E-state index in [-0.39, 0.29) is 5.92 Å². The molecular weight excluding hydrogens is 454 g/mol. The number of hydrogen-bond donors (Lipinski definition) is 0. The summed E-state index contributed by atoms with van der Waals surface area (Å²) in [6.07, 6.45) is 7.24. The van der Waals surface area contributed by atoms with Gasteiger partial charge in [0.1, 0.15) is 6.33 Å². The molecule has 1 atom stereocenters. The molecular formula is C32H23N5. The van der Waals surface area contributed by atoms with Crippen LogP contribution in [-0.4, -0.2) is 24.1 Å². The summed E-state index contributed by atoms with van der Waals surface area (Å²) in [5.74, 6) is 0.276. The number of hydrogen-bond acceptors (Lipinski definition) is 3. The van der Waals surface area contributed by atoms with Crippen LogP contribution >= 0.6 is 0 Å². The van der Waals surface area contributed by atoms with E-state index in [1.165, 1.54) is 33.4 Å². The van der Waals surface area contributed by atoms with Gasteiger partial charge in [-0.3, -0.25) is 4.98 Å². The largest absolute Gasteiger partial charge is 0.310 e. The monoisotopic (exact) mass is 477 g/mol. The van der Waals surface area contributed by atoms with E-state index in [4.69, 9.17) is 4.98 Å². The van der Waals surface area contributed by atoms with Crippen molar-refractivity contribution in [3.8, 4) is 5.69 Å². The second-order valence-corrected chi connectivity index (χ2v) is 9.84. The molecule has 0 fully saturated rings. The number of pyridine rings is 2. The minimum absolute atomic E-state index is 0.276. The van der Waals surface area contributed by atoms with Crippen molar-refractivity contribution in [3.05, 3.63) is 120 Å². The molecule has 0 bridgehead atoms. The number of fused-ring (bicyclic) bond motifs is 9. The Morgan fingerprint density at radius 2 is 1.68 bits per heavy atom. The first-order valence-corrected chi connectivity index (χ1v) is 12.6. The summed E-state index contributed by atoms with van der Waals surface area (Å²) in [6, 6.07) is 30.3. The third-order valence-corrected chi connectivity index (χ3v) is 7.70. The van der Waals surface area contributed by atoms with Gasteiger partial charge in [-0.1, -0.05) is 48.5 Å². The molecule has 4 aromatic heterocycles. The molecule has 5 heteroatoms. The maximum absolute atomic E-state index is 4.93. The summed E-state index contributed by atoms with van der Waals surface area (Å²) in [7, 11) is 0. The molecule has 3 aromatic carbocycles. The number of benzene rings is 3. The van der Waals surface area contributed by atoms with Crippen molar-refractivity contribution in [2.75, 3.05) is 0 Å². The van der Waals surface area contributed by atoms with Crippen LogP contribution in [-0.2, 0) is 6.42 Å². The Morgan fingerprint density at radius 1 is 0.811 bits per heavy atom. The van der Waals surface area contributed by atoms with Crippen molar-refractivity contribution in [2.24, 2.45) is 0 Å². The van der Waals surface area contributed by atoms with Crippen LogP contribution in [0.3, 0.4) is 0 Å². The molecule has 0 N–H and O–H groups in total. The lowest BCUT2D eigenvalue weighted by Crippen LogP contribution is -2.07. The van der Waals surface area contributed by atoms with Crippen LogP contribution in [0.1, 0.15) is 28.4 Å². The second-order valence-electron chi connectivity index (χ2n) is 9.84. The highest BCUT2D eigenvalue weighted by molar-refractivity contribution is 6.09. The minimum Gasteiger partial charge on any atom is -0.310 e. The van der Waals surface area contributed by atoms with E-state index >= 15 is 0 Å². The summed E-state index contributed by atoms with van der Waals surface area (Å²) in [5, 5.41) is 7.98. The zero-order valence-corrected chi connectivity index (χ0v) is 20.3. The summed E-state index contributed by atoms with van der Waals surface area (Å²) in [6.45, 7) is 2.04. The molecule has 1 unspecified atom stereocenters. The van der Waals surface area contributed by atoms with E-state index in [0.717, 1.165) is 39.6 Å². The maximum atomic E-state index is 4.93. The Labute approximate surface area is 213 Å². The van der Waals surface area contributed by atoms with E-state index in [1.807, 2.05) is 17.5 Å². The third-order valence-electron chi connectivity index (χ3n) is 7.70. The van der Waals surface area contributed by atoms with E-state index in [9.17, 15) is 0 Å². The van der Waals surface area contributed by atoms with Crippen LogP contribution in [0.5, 0.6) is 0 Å². The van der Waals surface area contributed by atoms with E-state index in [0.29, 0.717) is 0 Å². The van der Waals surface area contributed by atoms with Gasteiger partial charge in [0.2, 0.25) is 0 Å². The van der Waals surface area contributed by atoms with Crippen molar-refractivity contribution in [1.82, 2.24) is 24.1 Å². The molecule has 1 aliphatic carbocycles. The molecule has 0 radical (unpaired) electrons. The lowest BCUT2D eigenvalue weighted by atomic mass is 9.86. The Morgan fingerprint density at radius 3 is 2.59 bits per heavy atom. The van der Waals surface area contributed by atoms with Crippen molar-refractivity contribution in [2.45, 2.75) is 19.3 Å². The highest BCUT2D eigenvalue weighted by Crippen LogP contribution is 2.39. The maximum Gasteiger partial charge on any atom is 0.165 e. The predicted octanol–water partition coefficient (Wildman–Crippen LogP) is 7.04. The van der Waals surface area contributed by atoms with Gasteiger partial charge in [0, 0.05) is 39.2 Å². The summed E-state index contributed by atoms with van der Waals surface area (Å²) < 4.78 is 4.32. The number of aromatic nitrogens is 5. The molecule has 176 valence electrons. The zero-order valence-electron chi connectivity index (χ0n) is 20.3. The molecule has 0 saturated carbocycles. The minimum atomic E-state index is 0.276. The summed E-state index contributed by atoms with van der Waals surface area (Å²) in [5.41, 5.74) is 10.3. The highest BCUT2D eigenvalue weighted by Gasteiger charge is 2.24. The van der Waals surface area contributed by atoms with Crippen molar-refractivity contribution in [3.63, 3.8) is 0 Å². The molecule has 5 nitrogen and oxygen atoms in total. The SMILES string of the molecule is Cc1ccc2c(n1)c1cc(C3C=Cc4c(c5ccccc5n4-c4ccccc4)C3)ccc1n1ncnc21. The zero-order chi connectivity index (χ0) is 24.5. The first-order chi connectivity index (χ1) is 18.3. The van der Waals surface area contributed by atoms with E-state index in [1.54, 1.807) is 6.33 Å². The standard InChI is InChI=1S/C32H23N5/c1-20-11-14-25-31(35-20)27-18-22(13-16-30(27)37-32(25)33-19-34-37)21-12-15-29-26(17-21)24-9-5-6-10-28(24)36(29)23-7-3-2-4-8-23/h2-16,18-19,21H,17H2,1H3. The first kappa shape index (κ1) is 20.4. The predicted molar refractivity (Wildman–Crippen MR) is 149 cm³/mol. The van der Waals surface area contributed by atoms with Crippen LogP contribution in [0.4, 0.5) is 0 Å². The third kappa shape index (κ3) is 2.94. The molecule has 0 amide bonds. The van der Waals surface area contributed by atoms with Gasteiger partial charge in [-0.05, 0) is 73.0 Å². The number of allylic oxidation sites excluding steroid dienone is 1. The fourth-order valence-electron chi connectivity index (χ4n) is 6.00. The van der Waals surface area contributed by atoms with Gasteiger partial charge in [0.15, 0.2) is 5.65 Å². The molecule has 7 aromatic rings. The van der Waals surface area contributed by atoms with Crippen molar-refractivity contribution in [1.29, 1.82) is 0 Å². The van der Waals surface area contributed by atoms with Crippen LogP contribution in [0, 0.1) is 6.92 Å². The Kier molecular flexibility index (Phi) is 4.20. The Balaban J connectivity index is 1.31. The van der Waals surface area contributed by atoms with Crippen LogP contribution in [0.15, 0.2) is 97.3 Å². The fraction of sp³-hybridized carbons (Fsp3) is 0.0938. The Hall–Kier alpha value is -4.77. The fourth-order valence-corrected chi connectivity index (χ4v) is 6.00. The van der Waals surface area contributed by atoms with Gasteiger partial charge in [0.25, 0.3) is 0 Å². The number of nitrogens with zero attached hydrogens (tertiary/aromatic N) is 5. The van der Waals surface area contributed by atoms with Crippen molar-refractivity contribution >= 4 is 44.4 Å². The molecule has 37 heavy (non-hydrogen) atoms. The molecule has 0 spiro atoms. The molecule has 0 aliphatic heterocycles. The van der Waals surface area contributed by atoms with E-state index in [2.05, 4.69) is 106 Å². The first-order valence-electron chi connectivity index (χ1n) is 12.6. The average molecular weight is 478 g/mol. The lowest BCUT2D eigenvalue weighted by molar-refractivity contribution is 0.826. The second kappa shape index (κ2) is 7.61. The van der Waals surface area contributed by atoms with E-state index < -0.39 is 0 Å².